The Morgan fingerprint density at radius 1 is 1.33 bits per heavy atom. The smallest absolute Gasteiger partial charge is 0.294 e. The van der Waals surface area contributed by atoms with E-state index in [-0.39, 0.29) is 12.1 Å². The van der Waals surface area contributed by atoms with Gasteiger partial charge in [0.1, 0.15) is 24.7 Å². The Kier molecular flexibility index (Phi) is 2.82. The summed E-state index contributed by atoms with van der Waals surface area (Å²) in [6.07, 6.45) is 0.787. The number of fused-ring (bicyclic) bond motifs is 3. The summed E-state index contributed by atoms with van der Waals surface area (Å²) in [5, 5.41) is 31.7. The van der Waals surface area contributed by atoms with Gasteiger partial charge in [0.25, 0.3) is 6.17 Å². The van der Waals surface area contributed by atoms with Gasteiger partial charge in [-0.15, -0.1) is 0 Å². The van der Waals surface area contributed by atoms with Crippen molar-refractivity contribution in [2.45, 2.75) is 31.5 Å². The van der Waals surface area contributed by atoms with E-state index in [1.807, 2.05) is 6.92 Å². The van der Waals surface area contributed by atoms with Crippen molar-refractivity contribution in [2.24, 2.45) is 5.92 Å². The largest absolute Gasteiger partial charge is 0.619 e. The van der Waals surface area contributed by atoms with Crippen molar-refractivity contribution in [2.75, 3.05) is 26.3 Å². The van der Waals surface area contributed by atoms with Crippen molar-refractivity contribution in [1.82, 2.24) is 10.3 Å². The van der Waals surface area contributed by atoms with Crippen LogP contribution in [0.3, 0.4) is 0 Å². The fourth-order valence-corrected chi connectivity index (χ4v) is 4.03. The van der Waals surface area contributed by atoms with Gasteiger partial charge in [0.2, 0.25) is 11.3 Å². The van der Waals surface area contributed by atoms with Crippen molar-refractivity contribution < 1.29 is 24.1 Å². The van der Waals surface area contributed by atoms with Crippen LogP contribution in [0.1, 0.15) is 24.7 Å². The van der Waals surface area contributed by atoms with Gasteiger partial charge in [-0.2, -0.15) is 4.74 Å². The first-order chi connectivity index (χ1) is 10.1. The molecule has 0 bridgehead atoms. The minimum atomic E-state index is -1.34. The Morgan fingerprint density at radius 2 is 2.10 bits per heavy atom. The zero-order valence-corrected chi connectivity index (χ0v) is 11.9. The summed E-state index contributed by atoms with van der Waals surface area (Å²) in [6, 6.07) is 0. The lowest BCUT2D eigenvalue weighted by molar-refractivity contribution is -1.01. The van der Waals surface area contributed by atoms with E-state index in [2.05, 4.69) is 10.3 Å². The molecule has 0 saturated carbocycles. The molecule has 0 amide bonds. The third-order valence-electron chi connectivity index (χ3n) is 5.16. The van der Waals surface area contributed by atoms with Gasteiger partial charge in [-0.1, -0.05) is 10.3 Å². The minimum Gasteiger partial charge on any atom is -0.619 e. The number of hydroxylamine groups is 1. The number of ether oxygens (including phenoxy) is 1. The normalized spacial score (nSPS) is 36.7. The lowest BCUT2D eigenvalue weighted by atomic mass is 9.76. The predicted octanol–water partition coefficient (Wildman–Crippen LogP) is -1.95. The van der Waals surface area contributed by atoms with Gasteiger partial charge in [0, 0.05) is 12.8 Å². The van der Waals surface area contributed by atoms with Crippen molar-refractivity contribution >= 4 is 5.71 Å². The molecule has 0 aromatic carbocycles. The number of rotatable bonds is 1. The van der Waals surface area contributed by atoms with Crippen LogP contribution >= 0.6 is 0 Å². The SMILES string of the molecule is C[C@@H]1[C@H]([NH+]2CCOCC2)[N+]([O-])=C2CCc3nonc3[C@@]21O. The van der Waals surface area contributed by atoms with Gasteiger partial charge in [-0.25, -0.2) is 4.63 Å². The standard InChI is InChI=1S/C13H18N4O4/c1-8-12(16-4-6-20-7-5-16)17(19)10-3-2-9-11(13(8,10)18)15-21-14-9/h8,12,18H,2-7H2,1H3/p+1/t8-,12-,13+/m1/s1. The Morgan fingerprint density at radius 3 is 2.86 bits per heavy atom. The molecule has 1 fully saturated rings. The van der Waals surface area contributed by atoms with Crippen LogP contribution in [-0.2, 0) is 16.8 Å². The number of nitrogens with one attached hydrogen (secondary N) is 1. The van der Waals surface area contributed by atoms with Crippen LogP contribution in [0.5, 0.6) is 0 Å². The van der Waals surface area contributed by atoms with Gasteiger partial charge in [0.05, 0.1) is 13.2 Å². The Labute approximate surface area is 121 Å². The second kappa shape index (κ2) is 4.49. The highest BCUT2D eigenvalue weighted by Crippen LogP contribution is 2.42. The quantitative estimate of drug-likeness (QED) is 0.461. The van der Waals surface area contributed by atoms with Gasteiger partial charge in [0.15, 0.2) is 5.69 Å². The van der Waals surface area contributed by atoms with Crippen LogP contribution in [-0.4, -0.2) is 58.3 Å². The van der Waals surface area contributed by atoms with E-state index in [0.717, 1.165) is 22.7 Å². The zero-order chi connectivity index (χ0) is 14.6. The van der Waals surface area contributed by atoms with Crippen LogP contribution in [0.2, 0.25) is 0 Å². The molecular weight excluding hydrogens is 276 g/mol. The number of aryl methyl sites for hydroxylation is 1. The maximum atomic E-state index is 12.8. The summed E-state index contributed by atoms with van der Waals surface area (Å²) in [7, 11) is 0. The van der Waals surface area contributed by atoms with Crippen LogP contribution in [0.4, 0.5) is 0 Å². The molecule has 114 valence electrons. The lowest BCUT2D eigenvalue weighted by Crippen LogP contribution is -3.19. The van der Waals surface area contributed by atoms with E-state index in [0.29, 0.717) is 43.2 Å². The zero-order valence-electron chi connectivity index (χ0n) is 11.9. The summed E-state index contributed by atoms with van der Waals surface area (Å²) in [5.41, 5.74) is 0.249. The number of morpholine rings is 1. The van der Waals surface area contributed by atoms with E-state index in [1.54, 1.807) is 0 Å². The fraction of sp³-hybridized carbons (Fsp3) is 0.769. The molecule has 2 aliphatic heterocycles. The average molecular weight is 295 g/mol. The third kappa shape index (κ3) is 1.63. The Balaban J connectivity index is 1.77. The van der Waals surface area contributed by atoms with E-state index in [4.69, 9.17) is 9.37 Å². The van der Waals surface area contributed by atoms with E-state index < -0.39 is 5.60 Å². The average Bonchev–Trinajstić information content (AvgIpc) is 3.04. The van der Waals surface area contributed by atoms with Crippen LogP contribution in [0, 0.1) is 11.1 Å². The number of hydrogen-bond acceptors (Lipinski definition) is 6. The molecule has 0 spiro atoms. The van der Waals surface area contributed by atoms with Crippen molar-refractivity contribution in [3.05, 3.63) is 16.6 Å². The maximum Gasteiger partial charge on any atom is 0.294 e. The first kappa shape index (κ1) is 13.2. The molecule has 3 atom stereocenters. The van der Waals surface area contributed by atoms with Crippen LogP contribution in [0.25, 0.3) is 0 Å². The molecule has 8 nitrogen and oxygen atoms in total. The molecular formula is C13H19N4O4+. The monoisotopic (exact) mass is 295 g/mol. The molecule has 8 heteroatoms. The number of hydrogen-bond donors (Lipinski definition) is 2. The second-order valence-corrected chi connectivity index (χ2v) is 6.10. The first-order valence-corrected chi connectivity index (χ1v) is 7.43. The number of aliphatic hydroxyl groups is 1. The van der Waals surface area contributed by atoms with E-state index in [1.165, 1.54) is 0 Å². The predicted molar refractivity (Wildman–Crippen MR) is 69.6 cm³/mol. The van der Waals surface area contributed by atoms with Crippen molar-refractivity contribution in [1.29, 1.82) is 0 Å². The maximum absolute atomic E-state index is 12.8. The van der Waals surface area contributed by atoms with E-state index >= 15 is 0 Å². The Bertz CT molecular complexity index is 595. The number of nitrogens with zero attached hydrogens (tertiary/aromatic N) is 3. The van der Waals surface area contributed by atoms with Crippen molar-refractivity contribution in [3.8, 4) is 0 Å². The molecule has 2 N–H and O–H groups in total. The summed E-state index contributed by atoms with van der Waals surface area (Å²) < 4.78 is 11.2. The molecule has 0 radical (unpaired) electrons. The molecule has 1 aromatic rings. The summed E-state index contributed by atoms with van der Waals surface area (Å²) in [4.78, 5) is 1.16. The topological polar surface area (TPSA) is 98.9 Å². The van der Waals surface area contributed by atoms with Crippen LogP contribution in [0.15, 0.2) is 4.63 Å². The molecule has 1 aliphatic carbocycles. The van der Waals surface area contributed by atoms with Crippen LogP contribution < -0.4 is 4.90 Å². The highest BCUT2D eigenvalue weighted by atomic mass is 16.6. The fourth-order valence-electron chi connectivity index (χ4n) is 4.03. The highest BCUT2D eigenvalue weighted by molar-refractivity contribution is 5.92. The first-order valence-electron chi connectivity index (χ1n) is 7.43. The molecule has 3 heterocycles. The van der Waals surface area contributed by atoms with Gasteiger partial charge in [-0.05, 0) is 6.92 Å². The van der Waals surface area contributed by atoms with Gasteiger partial charge >= 0.3 is 0 Å². The molecule has 0 unspecified atom stereocenters. The summed E-state index contributed by atoms with van der Waals surface area (Å²) in [6.45, 7) is 4.77. The van der Waals surface area contributed by atoms with E-state index in [9.17, 15) is 10.3 Å². The Hall–Kier alpha value is -1.51. The summed E-state index contributed by atoms with van der Waals surface area (Å²) in [5.74, 6) is -0.260. The molecule has 1 saturated heterocycles. The molecule has 1 aromatic heterocycles. The third-order valence-corrected chi connectivity index (χ3v) is 5.16. The van der Waals surface area contributed by atoms with Gasteiger partial charge in [-0.3, -0.25) is 4.90 Å². The number of aromatic nitrogens is 2. The molecule has 21 heavy (non-hydrogen) atoms. The molecule has 3 aliphatic rings. The van der Waals surface area contributed by atoms with Crippen molar-refractivity contribution in [3.63, 3.8) is 0 Å². The number of quaternary nitrogens is 1. The lowest BCUT2D eigenvalue weighted by Gasteiger charge is -2.31. The minimum absolute atomic E-state index is 0.260. The summed E-state index contributed by atoms with van der Waals surface area (Å²) >= 11 is 0. The molecule has 4 rings (SSSR count). The van der Waals surface area contributed by atoms with Gasteiger partial charge < -0.3 is 15.1 Å². The highest BCUT2D eigenvalue weighted by Gasteiger charge is 2.64. The second-order valence-electron chi connectivity index (χ2n) is 6.10.